The van der Waals surface area contributed by atoms with E-state index in [0.717, 1.165) is 29.7 Å². The number of hydrogen-bond donors (Lipinski definition) is 1. The van der Waals surface area contributed by atoms with E-state index in [4.69, 9.17) is 4.74 Å². The molecule has 0 aliphatic rings. The maximum Gasteiger partial charge on any atom is 0.120 e. The van der Waals surface area contributed by atoms with Gasteiger partial charge in [-0.3, -0.25) is 0 Å². The summed E-state index contributed by atoms with van der Waals surface area (Å²) in [7, 11) is 1.67. The minimum atomic E-state index is 0.843. The van der Waals surface area contributed by atoms with Crippen LogP contribution in [0.5, 0.6) is 5.75 Å². The van der Waals surface area contributed by atoms with E-state index in [9.17, 15) is 0 Å². The third kappa shape index (κ3) is 3.80. The molecule has 3 nitrogen and oxygen atoms in total. The highest BCUT2D eigenvalue weighted by atomic mass is 79.9. The summed E-state index contributed by atoms with van der Waals surface area (Å²) >= 11 is 5.25. The van der Waals surface area contributed by atoms with Crippen molar-refractivity contribution in [2.24, 2.45) is 0 Å². The summed E-state index contributed by atoms with van der Waals surface area (Å²) in [4.78, 5) is 4.25. The summed E-state index contributed by atoms with van der Waals surface area (Å²) < 4.78 is 6.24. The highest BCUT2D eigenvalue weighted by molar-refractivity contribution is 9.10. The van der Waals surface area contributed by atoms with Crippen LogP contribution < -0.4 is 10.1 Å². The highest BCUT2D eigenvalue weighted by Crippen LogP contribution is 2.22. The molecule has 0 aliphatic carbocycles. The van der Waals surface area contributed by atoms with Gasteiger partial charge in [0.2, 0.25) is 0 Å². The van der Waals surface area contributed by atoms with Crippen molar-refractivity contribution in [2.75, 3.05) is 13.7 Å². The van der Waals surface area contributed by atoms with E-state index in [-0.39, 0.29) is 0 Å². The Bertz CT molecular complexity index is 488. The smallest absolute Gasteiger partial charge is 0.120 e. The van der Waals surface area contributed by atoms with Gasteiger partial charge in [-0.2, -0.15) is 0 Å². The first kappa shape index (κ1) is 13.5. The number of benzene rings is 1. The number of rotatable bonds is 6. The van der Waals surface area contributed by atoms with E-state index >= 15 is 0 Å². The molecule has 0 aliphatic heterocycles. The molecule has 96 valence electrons. The summed E-state index contributed by atoms with van der Waals surface area (Å²) in [5.41, 5.74) is 1.23. The maximum absolute atomic E-state index is 5.17. The molecule has 0 amide bonds. The Labute approximate surface area is 119 Å². The third-order valence-corrected chi connectivity index (χ3v) is 4.15. The number of aromatic nitrogens is 1. The Morgan fingerprint density at radius 3 is 3.00 bits per heavy atom. The van der Waals surface area contributed by atoms with Gasteiger partial charge >= 0.3 is 0 Å². The summed E-state index contributed by atoms with van der Waals surface area (Å²) in [5.74, 6) is 0.869. The van der Waals surface area contributed by atoms with Crippen LogP contribution in [0.2, 0.25) is 0 Å². The van der Waals surface area contributed by atoms with Crippen LogP contribution >= 0.6 is 27.3 Å². The normalized spacial score (nSPS) is 10.6. The standard InChI is InChI=1S/C13H15BrN2OS/c1-17-11-3-2-10(12(14)8-11)9-15-5-4-13-16-6-7-18-13/h2-3,6-8,15H,4-5,9H2,1H3. The van der Waals surface area contributed by atoms with Gasteiger partial charge in [-0.05, 0) is 17.7 Å². The van der Waals surface area contributed by atoms with Crippen molar-refractivity contribution in [1.29, 1.82) is 0 Å². The van der Waals surface area contributed by atoms with E-state index in [1.165, 1.54) is 10.6 Å². The minimum Gasteiger partial charge on any atom is -0.497 e. The third-order valence-electron chi connectivity index (χ3n) is 2.57. The van der Waals surface area contributed by atoms with Crippen LogP contribution in [0.1, 0.15) is 10.6 Å². The van der Waals surface area contributed by atoms with Crippen LogP contribution in [0.4, 0.5) is 0 Å². The first-order chi connectivity index (χ1) is 8.79. The van der Waals surface area contributed by atoms with Crippen LogP contribution in [0.15, 0.2) is 34.2 Å². The van der Waals surface area contributed by atoms with E-state index in [0.29, 0.717) is 0 Å². The first-order valence-corrected chi connectivity index (χ1v) is 7.38. The van der Waals surface area contributed by atoms with Crippen molar-refractivity contribution in [3.05, 3.63) is 44.8 Å². The summed E-state index contributed by atoms with van der Waals surface area (Å²) in [6, 6.07) is 6.03. The van der Waals surface area contributed by atoms with Gasteiger partial charge in [0.1, 0.15) is 5.75 Å². The van der Waals surface area contributed by atoms with Crippen LogP contribution in [0.25, 0.3) is 0 Å². The van der Waals surface area contributed by atoms with Gasteiger partial charge in [0.15, 0.2) is 0 Å². The molecule has 0 spiro atoms. The number of nitrogens with one attached hydrogen (secondary N) is 1. The number of thiazole rings is 1. The lowest BCUT2D eigenvalue weighted by atomic mass is 10.2. The van der Waals surface area contributed by atoms with E-state index in [2.05, 4.69) is 32.3 Å². The van der Waals surface area contributed by atoms with Crippen LogP contribution in [0, 0.1) is 0 Å². The quantitative estimate of drug-likeness (QED) is 0.827. The molecule has 1 heterocycles. The van der Waals surface area contributed by atoms with Crippen molar-refractivity contribution in [1.82, 2.24) is 10.3 Å². The zero-order valence-corrected chi connectivity index (χ0v) is 12.6. The maximum atomic E-state index is 5.17. The summed E-state index contributed by atoms with van der Waals surface area (Å²) in [6.07, 6.45) is 2.82. The minimum absolute atomic E-state index is 0.843. The number of hydrogen-bond acceptors (Lipinski definition) is 4. The van der Waals surface area contributed by atoms with Crippen molar-refractivity contribution < 1.29 is 4.74 Å². The Morgan fingerprint density at radius 2 is 2.33 bits per heavy atom. The molecule has 5 heteroatoms. The van der Waals surface area contributed by atoms with E-state index in [1.807, 2.05) is 23.7 Å². The average molecular weight is 327 g/mol. The largest absolute Gasteiger partial charge is 0.497 e. The molecule has 0 fully saturated rings. The molecule has 0 saturated heterocycles. The number of ether oxygens (including phenoxy) is 1. The zero-order chi connectivity index (χ0) is 12.8. The highest BCUT2D eigenvalue weighted by Gasteiger charge is 2.02. The average Bonchev–Trinajstić information content (AvgIpc) is 2.89. The molecule has 1 aromatic heterocycles. The van der Waals surface area contributed by atoms with Gasteiger partial charge in [-0.25, -0.2) is 4.98 Å². The lowest BCUT2D eigenvalue weighted by molar-refractivity contribution is 0.414. The van der Waals surface area contributed by atoms with Crippen molar-refractivity contribution in [2.45, 2.75) is 13.0 Å². The molecule has 1 aromatic carbocycles. The van der Waals surface area contributed by atoms with Crippen molar-refractivity contribution in [3.63, 3.8) is 0 Å². The van der Waals surface area contributed by atoms with Crippen LogP contribution in [0.3, 0.4) is 0 Å². The van der Waals surface area contributed by atoms with Gasteiger partial charge in [0.05, 0.1) is 12.1 Å². The Morgan fingerprint density at radius 1 is 1.44 bits per heavy atom. The molecule has 18 heavy (non-hydrogen) atoms. The first-order valence-electron chi connectivity index (χ1n) is 5.71. The predicted molar refractivity (Wildman–Crippen MR) is 78.2 cm³/mol. The molecule has 1 N–H and O–H groups in total. The number of nitrogens with zero attached hydrogens (tertiary/aromatic N) is 1. The van der Waals surface area contributed by atoms with Gasteiger partial charge in [-0.15, -0.1) is 11.3 Å². The topological polar surface area (TPSA) is 34.1 Å². The Hall–Kier alpha value is -0.910. The molecular weight excluding hydrogens is 312 g/mol. The fourth-order valence-corrected chi connectivity index (χ4v) is 2.71. The summed E-state index contributed by atoms with van der Waals surface area (Å²) in [5, 5.41) is 6.60. The SMILES string of the molecule is COc1ccc(CNCCc2nccs2)c(Br)c1. The monoisotopic (exact) mass is 326 g/mol. The Balaban J connectivity index is 1.79. The molecule has 0 atom stereocenters. The predicted octanol–water partition coefficient (Wildman–Crippen LogP) is 3.25. The van der Waals surface area contributed by atoms with Gasteiger partial charge < -0.3 is 10.1 Å². The fourth-order valence-electron chi connectivity index (χ4n) is 1.59. The molecule has 0 bridgehead atoms. The van der Waals surface area contributed by atoms with Gasteiger partial charge in [-0.1, -0.05) is 22.0 Å². The number of methoxy groups -OCH3 is 1. The van der Waals surface area contributed by atoms with E-state index < -0.39 is 0 Å². The van der Waals surface area contributed by atoms with Crippen molar-refractivity contribution >= 4 is 27.3 Å². The molecule has 0 radical (unpaired) electrons. The van der Waals surface area contributed by atoms with Gasteiger partial charge in [0, 0.05) is 35.6 Å². The number of halogens is 1. The lowest BCUT2D eigenvalue weighted by Crippen LogP contribution is -2.16. The molecule has 2 rings (SSSR count). The molecule has 2 aromatic rings. The molecule has 0 saturated carbocycles. The van der Waals surface area contributed by atoms with Gasteiger partial charge in [0.25, 0.3) is 0 Å². The second-order valence-electron chi connectivity index (χ2n) is 3.81. The van der Waals surface area contributed by atoms with Crippen LogP contribution in [-0.4, -0.2) is 18.6 Å². The lowest BCUT2D eigenvalue weighted by Gasteiger charge is -2.08. The molecule has 0 unspecified atom stereocenters. The second kappa shape index (κ2) is 6.87. The van der Waals surface area contributed by atoms with E-state index in [1.54, 1.807) is 18.4 Å². The Kier molecular flexibility index (Phi) is 5.16. The van der Waals surface area contributed by atoms with Crippen molar-refractivity contribution in [3.8, 4) is 5.75 Å². The fraction of sp³-hybridized carbons (Fsp3) is 0.308. The summed E-state index contributed by atoms with van der Waals surface area (Å²) in [6.45, 7) is 1.78. The zero-order valence-electron chi connectivity index (χ0n) is 10.1. The second-order valence-corrected chi connectivity index (χ2v) is 5.64. The molecular formula is C13H15BrN2OS. The van der Waals surface area contributed by atoms with Crippen LogP contribution in [-0.2, 0) is 13.0 Å².